The number of ether oxygens (including phenoxy) is 1. The Labute approximate surface area is 168 Å². The lowest BCUT2D eigenvalue weighted by Crippen LogP contribution is -2.15. The van der Waals surface area contributed by atoms with Crippen molar-refractivity contribution >= 4 is 28.9 Å². The third kappa shape index (κ3) is 4.13. The average molecular weight is 390 g/mol. The smallest absolute Gasteiger partial charge is 0.358 e. The minimum atomic E-state index is -0.519. The highest BCUT2D eigenvalue weighted by Gasteiger charge is 2.24. The molecule has 0 radical (unpaired) electrons. The second-order valence-electron chi connectivity index (χ2n) is 7.39. The predicted molar refractivity (Wildman–Crippen MR) is 111 cm³/mol. The molecule has 3 aromatic rings. The summed E-state index contributed by atoms with van der Waals surface area (Å²) < 4.78 is 6.90. The molecule has 2 heterocycles. The maximum atomic E-state index is 12.7. The SMILES string of the molecule is CC(C)COC(=O)c1cn2c(n1)C(=O)Nc1cc(Nc3ccccc3)ccc1C2. The van der Waals surface area contributed by atoms with E-state index in [-0.39, 0.29) is 23.3 Å². The van der Waals surface area contributed by atoms with Crippen molar-refractivity contribution in [2.75, 3.05) is 17.2 Å². The van der Waals surface area contributed by atoms with Gasteiger partial charge in [-0.3, -0.25) is 4.79 Å². The van der Waals surface area contributed by atoms with Gasteiger partial charge in [0.05, 0.1) is 13.2 Å². The fourth-order valence-electron chi connectivity index (χ4n) is 3.09. The van der Waals surface area contributed by atoms with Gasteiger partial charge < -0.3 is 19.9 Å². The summed E-state index contributed by atoms with van der Waals surface area (Å²) in [5, 5.41) is 6.21. The lowest BCUT2D eigenvalue weighted by molar-refractivity contribution is 0.0452. The van der Waals surface area contributed by atoms with Crippen molar-refractivity contribution < 1.29 is 14.3 Å². The van der Waals surface area contributed by atoms with Crippen molar-refractivity contribution in [3.8, 4) is 0 Å². The van der Waals surface area contributed by atoms with Gasteiger partial charge in [0.25, 0.3) is 5.91 Å². The number of esters is 1. The maximum Gasteiger partial charge on any atom is 0.358 e. The lowest BCUT2D eigenvalue weighted by atomic mass is 10.1. The highest BCUT2D eigenvalue weighted by Crippen LogP contribution is 2.27. The summed E-state index contributed by atoms with van der Waals surface area (Å²) in [6.07, 6.45) is 1.57. The second kappa shape index (κ2) is 7.79. The largest absolute Gasteiger partial charge is 0.461 e. The molecule has 0 aliphatic carbocycles. The molecule has 1 amide bonds. The van der Waals surface area contributed by atoms with Crippen LogP contribution >= 0.6 is 0 Å². The molecule has 1 aliphatic heterocycles. The zero-order chi connectivity index (χ0) is 20.4. The van der Waals surface area contributed by atoms with Crippen molar-refractivity contribution in [1.29, 1.82) is 0 Å². The van der Waals surface area contributed by atoms with E-state index < -0.39 is 5.97 Å². The number of carbonyl (C=O) groups excluding carboxylic acids is 2. The van der Waals surface area contributed by atoms with Crippen molar-refractivity contribution in [3.63, 3.8) is 0 Å². The van der Waals surface area contributed by atoms with E-state index in [1.807, 2.05) is 62.4 Å². The number of para-hydroxylation sites is 1. The first-order chi connectivity index (χ1) is 14.0. The summed E-state index contributed by atoms with van der Waals surface area (Å²) >= 11 is 0. The molecule has 7 nitrogen and oxygen atoms in total. The Kier molecular flexibility index (Phi) is 5.03. The number of aromatic nitrogens is 2. The van der Waals surface area contributed by atoms with E-state index in [0.717, 1.165) is 16.9 Å². The van der Waals surface area contributed by atoms with Gasteiger partial charge in [-0.15, -0.1) is 0 Å². The second-order valence-corrected chi connectivity index (χ2v) is 7.39. The number of benzene rings is 2. The number of imidazole rings is 1. The molecule has 1 aromatic heterocycles. The van der Waals surface area contributed by atoms with Crippen LogP contribution in [0.1, 0.15) is 40.5 Å². The van der Waals surface area contributed by atoms with Gasteiger partial charge in [0, 0.05) is 23.3 Å². The number of anilines is 3. The van der Waals surface area contributed by atoms with E-state index in [1.54, 1.807) is 10.8 Å². The molecule has 0 spiro atoms. The molecule has 0 saturated carbocycles. The average Bonchev–Trinajstić information content (AvgIpc) is 3.08. The van der Waals surface area contributed by atoms with Crippen LogP contribution in [-0.4, -0.2) is 28.0 Å². The highest BCUT2D eigenvalue weighted by molar-refractivity contribution is 6.04. The van der Waals surface area contributed by atoms with E-state index in [4.69, 9.17) is 4.74 Å². The van der Waals surface area contributed by atoms with Gasteiger partial charge in [-0.1, -0.05) is 38.1 Å². The Hall–Kier alpha value is -3.61. The Morgan fingerprint density at radius 3 is 2.76 bits per heavy atom. The third-order valence-electron chi connectivity index (χ3n) is 4.50. The van der Waals surface area contributed by atoms with Crippen molar-refractivity contribution in [2.45, 2.75) is 20.4 Å². The third-order valence-corrected chi connectivity index (χ3v) is 4.50. The Balaban J connectivity index is 1.56. The highest BCUT2D eigenvalue weighted by atomic mass is 16.5. The molecule has 148 valence electrons. The molecular weight excluding hydrogens is 368 g/mol. The van der Waals surface area contributed by atoms with Crippen LogP contribution in [0.15, 0.2) is 54.7 Å². The number of hydrogen-bond donors (Lipinski definition) is 2. The summed E-state index contributed by atoms with van der Waals surface area (Å²) in [5.41, 5.74) is 3.61. The zero-order valence-corrected chi connectivity index (χ0v) is 16.3. The molecule has 0 fully saturated rings. The summed E-state index contributed by atoms with van der Waals surface area (Å²) in [7, 11) is 0. The van der Waals surface area contributed by atoms with Crippen LogP contribution < -0.4 is 10.6 Å². The minimum absolute atomic E-state index is 0.140. The van der Waals surface area contributed by atoms with E-state index in [2.05, 4.69) is 15.6 Å². The molecule has 2 N–H and O–H groups in total. The van der Waals surface area contributed by atoms with Crippen LogP contribution in [0.5, 0.6) is 0 Å². The zero-order valence-electron chi connectivity index (χ0n) is 16.3. The molecule has 0 bridgehead atoms. The quantitative estimate of drug-likeness (QED) is 0.642. The molecule has 29 heavy (non-hydrogen) atoms. The molecule has 0 unspecified atom stereocenters. The van der Waals surface area contributed by atoms with Crippen molar-refractivity contribution in [1.82, 2.24) is 9.55 Å². The van der Waals surface area contributed by atoms with Crippen LogP contribution in [0.4, 0.5) is 17.1 Å². The first-order valence-corrected chi connectivity index (χ1v) is 9.50. The maximum absolute atomic E-state index is 12.7. The number of hydrogen-bond acceptors (Lipinski definition) is 5. The van der Waals surface area contributed by atoms with E-state index in [0.29, 0.717) is 18.8 Å². The van der Waals surface area contributed by atoms with Gasteiger partial charge in [0.2, 0.25) is 0 Å². The Morgan fingerprint density at radius 2 is 2.00 bits per heavy atom. The van der Waals surface area contributed by atoms with Gasteiger partial charge in [-0.25, -0.2) is 9.78 Å². The number of rotatable bonds is 5. The fourth-order valence-corrected chi connectivity index (χ4v) is 3.09. The van der Waals surface area contributed by atoms with Crippen LogP contribution in [-0.2, 0) is 11.3 Å². The number of nitrogens with one attached hydrogen (secondary N) is 2. The molecule has 0 saturated heterocycles. The van der Waals surface area contributed by atoms with E-state index >= 15 is 0 Å². The van der Waals surface area contributed by atoms with Gasteiger partial charge in [-0.05, 0) is 35.7 Å². The predicted octanol–water partition coefficient (Wildman–Crippen LogP) is 4.05. The summed E-state index contributed by atoms with van der Waals surface area (Å²) in [6, 6.07) is 15.6. The van der Waals surface area contributed by atoms with Gasteiger partial charge in [0.1, 0.15) is 0 Å². The summed E-state index contributed by atoms with van der Waals surface area (Å²) in [5.74, 6) is -0.457. The number of nitrogens with zero attached hydrogens (tertiary/aromatic N) is 2. The first-order valence-electron chi connectivity index (χ1n) is 9.50. The number of carbonyl (C=O) groups is 2. The van der Waals surface area contributed by atoms with Crippen LogP contribution in [0.25, 0.3) is 0 Å². The summed E-state index contributed by atoms with van der Waals surface area (Å²) in [4.78, 5) is 29.1. The van der Waals surface area contributed by atoms with Crippen LogP contribution in [0.3, 0.4) is 0 Å². The Bertz CT molecular complexity index is 1060. The number of fused-ring (bicyclic) bond motifs is 2. The van der Waals surface area contributed by atoms with Crippen LogP contribution in [0.2, 0.25) is 0 Å². The number of amides is 1. The van der Waals surface area contributed by atoms with Crippen molar-refractivity contribution in [2.24, 2.45) is 5.92 Å². The molecule has 0 atom stereocenters. The van der Waals surface area contributed by atoms with E-state index in [1.165, 1.54) is 0 Å². The lowest BCUT2D eigenvalue weighted by Gasteiger charge is -2.11. The van der Waals surface area contributed by atoms with Gasteiger partial charge in [-0.2, -0.15) is 0 Å². The van der Waals surface area contributed by atoms with Crippen LogP contribution in [0, 0.1) is 5.92 Å². The fraction of sp³-hybridized carbons (Fsp3) is 0.227. The minimum Gasteiger partial charge on any atom is -0.461 e. The molecule has 4 rings (SSSR count). The van der Waals surface area contributed by atoms with Crippen molar-refractivity contribution in [3.05, 3.63) is 71.8 Å². The van der Waals surface area contributed by atoms with E-state index in [9.17, 15) is 9.59 Å². The molecule has 1 aliphatic rings. The van der Waals surface area contributed by atoms with Gasteiger partial charge >= 0.3 is 5.97 Å². The topological polar surface area (TPSA) is 85.2 Å². The molecule has 7 heteroatoms. The standard InChI is InChI=1S/C22H22N4O3/c1-14(2)13-29-22(28)19-12-26-11-15-8-9-17(23-16-6-4-3-5-7-16)10-18(15)25-21(27)20(26)24-19/h3-10,12,14,23H,11,13H2,1-2H3,(H,25,27). The Morgan fingerprint density at radius 1 is 1.21 bits per heavy atom. The first kappa shape index (κ1) is 18.7. The molecular formula is C22H22N4O3. The monoisotopic (exact) mass is 390 g/mol. The van der Waals surface area contributed by atoms with Gasteiger partial charge in [0.15, 0.2) is 11.5 Å². The normalized spacial score (nSPS) is 12.6. The summed E-state index contributed by atoms with van der Waals surface area (Å²) in [6.45, 7) is 4.66. The molecule has 2 aromatic carbocycles.